The molecule has 19 heavy (non-hydrogen) atoms. The summed E-state index contributed by atoms with van der Waals surface area (Å²) in [6.07, 6.45) is 3.14. The molecule has 0 aromatic carbocycles. The molecule has 2 heterocycles. The average Bonchev–Trinajstić information content (AvgIpc) is 2.87. The van der Waals surface area contributed by atoms with Gasteiger partial charge in [-0.3, -0.25) is 9.78 Å². The number of pyridine rings is 1. The number of carbonyl (C=O) groups is 2. The minimum atomic E-state index is -0.430. The third-order valence-electron chi connectivity index (χ3n) is 2.75. The van der Waals surface area contributed by atoms with Crippen LogP contribution in [0.15, 0.2) is 24.5 Å². The van der Waals surface area contributed by atoms with Crippen molar-refractivity contribution in [1.29, 1.82) is 0 Å². The highest BCUT2D eigenvalue weighted by molar-refractivity contribution is 5.89. The smallest absolute Gasteiger partial charge is 0.340 e. The number of rotatable bonds is 3. The minimum absolute atomic E-state index is 0. The van der Waals surface area contributed by atoms with Crippen LogP contribution < -0.4 is 5.32 Å². The van der Waals surface area contributed by atoms with E-state index in [2.05, 4.69) is 15.0 Å². The van der Waals surface area contributed by atoms with Gasteiger partial charge in [0.25, 0.3) is 0 Å². The first-order chi connectivity index (χ1) is 8.70. The lowest BCUT2D eigenvalue weighted by Gasteiger charge is -2.10. The van der Waals surface area contributed by atoms with E-state index in [9.17, 15) is 9.59 Å². The van der Waals surface area contributed by atoms with Crippen LogP contribution >= 0.6 is 12.4 Å². The molecular weight excluding hydrogens is 272 g/mol. The number of halogens is 1. The Hall–Kier alpha value is -1.66. The molecule has 1 N–H and O–H groups in total. The predicted octanol–water partition coefficient (Wildman–Crippen LogP) is 0.564. The third-order valence-corrected chi connectivity index (χ3v) is 2.75. The number of hydrogen-bond acceptors (Lipinski definition) is 6. The highest BCUT2D eigenvalue weighted by atomic mass is 35.5. The van der Waals surface area contributed by atoms with Crippen LogP contribution in [-0.2, 0) is 14.3 Å². The summed E-state index contributed by atoms with van der Waals surface area (Å²) in [5.41, 5.74) is 0.402. The highest BCUT2D eigenvalue weighted by Gasteiger charge is 2.32. The molecule has 0 unspecified atom stereocenters. The minimum Gasteiger partial charge on any atom is -0.468 e. The highest BCUT2D eigenvalue weighted by Crippen LogP contribution is 2.13. The van der Waals surface area contributed by atoms with Gasteiger partial charge in [-0.1, -0.05) is 0 Å². The van der Waals surface area contributed by atoms with E-state index in [1.807, 2.05) is 0 Å². The van der Waals surface area contributed by atoms with Crippen molar-refractivity contribution in [3.63, 3.8) is 0 Å². The number of nitrogens with zero attached hydrogens (tertiary/aromatic N) is 1. The molecule has 0 aliphatic carbocycles. The fraction of sp³-hybridized carbons (Fsp3) is 0.417. The second kappa shape index (κ2) is 7.06. The summed E-state index contributed by atoms with van der Waals surface area (Å²) in [4.78, 5) is 26.9. The summed E-state index contributed by atoms with van der Waals surface area (Å²) in [5, 5.41) is 2.95. The van der Waals surface area contributed by atoms with E-state index in [1.54, 1.807) is 18.3 Å². The van der Waals surface area contributed by atoms with Crippen LogP contribution in [0, 0.1) is 0 Å². The summed E-state index contributed by atoms with van der Waals surface area (Å²) < 4.78 is 9.89. The Balaban J connectivity index is 0.00000180. The fourth-order valence-electron chi connectivity index (χ4n) is 1.82. The third kappa shape index (κ3) is 3.90. The van der Waals surface area contributed by atoms with Crippen molar-refractivity contribution in [2.75, 3.05) is 13.7 Å². The SMILES string of the molecule is COC(=O)[C@@H]1C[C@H](OC(=O)c2cccnc2)CN1.Cl. The lowest BCUT2D eigenvalue weighted by atomic mass is 10.2. The Morgan fingerprint density at radius 3 is 2.89 bits per heavy atom. The second-order valence-corrected chi connectivity index (χ2v) is 3.99. The van der Waals surface area contributed by atoms with Crippen LogP contribution in [0.3, 0.4) is 0 Å². The van der Waals surface area contributed by atoms with Crippen LogP contribution in [0.1, 0.15) is 16.8 Å². The maximum Gasteiger partial charge on any atom is 0.340 e. The molecule has 0 spiro atoms. The molecule has 0 saturated carbocycles. The Bertz CT molecular complexity index is 441. The normalized spacial score (nSPS) is 21.3. The summed E-state index contributed by atoms with van der Waals surface area (Å²) in [6.45, 7) is 0.450. The molecule has 1 aromatic heterocycles. The van der Waals surface area contributed by atoms with Crippen molar-refractivity contribution in [3.05, 3.63) is 30.1 Å². The largest absolute Gasteiger partial charge is 0.468 e. The number of carbonyl (C=O) groups excluding carboxylic acids is 2. The summed E-state index contributed by atoms with van der Waals surface area (Å²) >= 11 is 0. The molecule has 7 heteroatoms. The number of hydrogen-bond donors (Lipinski definition) is 1. The van der Waals surface area contributed by atoms with Crippen molar-refractivity contribution in [2.24, 2.45) is 0 Å². The average molecular weight is 287 g/mol. The lowest BCUT2D eigenvalue weighted by molar-refractivity contribution is -0.142. The van der Waals surface area contributed by atoms with Gasteiger partial charge in [0.1, 0.15) is 12.1 Å². The Kier molecular flexibility index (Phi) is 5.72. The Morgan fingerprint density at radius 1 is 1.47 bits per heavy atom. The van der Waals surface area contributed by atoms with Crippen molar-refractivity contribution in [1.82, 2.24) is 10.3 Å². The van der Waals surface area contributed by atoms with E-state index in [0.29, 0.717) is 18.5 Å². The molecule has 104 valence electrons. The molecule has 1 saturated heterocycles. The zero-order valence-corrected chi connectivity index (χ0v) is 11.2. The molecule has 6 nitrogen and oxygen atoms in total. The zero-order valence-electron chi connectivity index (χ0n) is 10.4. The van der Waals surface area contributed by atoms with Crippen LogP contribution in [-0.4, -0.2) is 42.7 Å². The molecule has 1 aliphatic heterocycles. The molecule has 0 radical (unpaired) electrons. The van der Waals surface area contributed by atoms with Crippen LogP contribution in [0.5, 0.6) is 0 Å². The second-order valence-electron chi connectivity index (χ2n) is 3.99. The standard InChI is InChI=1S/C12H14N2O4.ClH/c1-17-12(16)10-5-9(7-14-10)18-11(15)8-3-2-4-13-6-8;/h2-4,6,9-10,14H,5,7H2,1H3;1H/t9-,10-;/m0./s1. The van der Waals surface area contributed by atoms with Crippen molar-refractivity contribution >= 4 is 24.3 Å². The number of esters is 2. The first kappa shape index (κ1) is 15.4. The molecule has 1 aromatic rings. The molecule has 1 fully saturated rings. The van der Waals surface area contributed by atoms with Gasteiger partial charge in [-0.25, -0.2) is 4.79 Å². The van der Waals surface area contributed by atoms with E-state index >= 15 is 0 Å². The molecule has 1 aliphatic rings. The van der Waals surface area contributed by atoms with E-state index in [-0.39, 0.29) is 24.5 Å². The van der Waals surface area contributed by atoms with Gasteiger partial charge < -0.3 is 14.8 Å². The van der Waals surface area contributed by atoms with Gasteiger partial charge in [0, 0.05) is 25.4 Å². The van der Waals surface area contributed by atoms with E-state index in [4.69, 9.17) is 4.74 Å². The monoisotopic (exact) mass is 286 g/mol. The van der Waals surface area contributed by atoms with Gasteiger partial charge in [-0.2, -0.15) is 0 Å². The van der Waals surface area contributed by atoms with Gasteiger partial charge in [0.05, 0.1) is 12.7 Å². The molecule has 0 amide bonds. The molecule has 2 rings (SSSR count). The van der Waals surface area contributed by atoms with Crippen LogP contribution in [0.25, 0.3) is 0 Å². The number of nitrogens with one attached hydrogen (secondary N) is 1. The van der Waals surface area contributed by atoms with Crippen molar-refractivity contribution < 1.29 is 19.1 Å². The van der Waals surface area contributed by atoms with Crippen LogP contribution in [0.4, 0.5) is 0 Å². The first-order valence-corrected chi connectivity index (χ1v) is 5.63. The van der Waals surface area contributed by atoms with E-state index < -0.39 is 12.0 Å². The zero-order chi connectivity index (χ0) is 13.0. The van der Waals surface area contributed by atoms with Crippen molar-refractivity contribution in [2.45, 2.75) is 18.6 Å². The maximum absolute atomic E-state index is 11.7. The van der Waals surface area contributed by atoms with E-state index in [1.165, 1.54) is 13.3 Å². The fourth-order valence-corrected chi connectivity index (χ4v) is 1.82. The maximum atomic E-state index is 11.7. The van der Waals surface area contributed by atoms with Gasteiger partial charge in [0.2, 0.25) is 0 Å². The van der Waals surface area contributed by atoms with Crippen LogP contribution in [0.2, 0.25) is 0 Å². The topological polar surface area (TPSA) is 77.5 Å². The predicted molar refractivity (Wildman–Crippen MR) is 69.1 cm³/mol. The molecule has 2 atom stereocenters. The van der Waals surface area contributed by atoms with Gasteiger partial charge in [-0.15, -0.1) is 12.4 Å². The van der Waals surface area contributed by atoms with E-state index in [0.717, 1.165) is 0 Å². The summed E-state index contributed by atoms with van der Waals surface area (Å²) in [6, 6.07) is 2.90. The Morgan fingerprint density at radius 2 is 2.26 bits per heavy atom. The van der Waals surface area contributed by atoms with Gasteiger partial charge in [0.15, 0.2) is 0 Å². The lowest BCUT2D eigenvalue weighted by Crippen LogP contribution is -2.31. The number of ether oxygens (including phenoxy) is 2. The number of aromatic nitrogens is 1. The quantitative estimate of drug-likeness (QED) is 0.818. The van der Waals surface area contributed by atoms with Crippen molar-refractivity contribution in [3.8, 4) is 0 Å². The molecular formula is C12H15ClN2O4. The Labute approximate surface area is 116 Å². The number of methoxy groups -OCH3 is 1. The summed E-state index contributed by atoms with van der Waals surface area (Å²) in [5.74, 6) is -0.768. The first-order valence-electron chi connectivity index (χ1n) is 5.63. The van der Waals surface area contributed by atoms with Gasteiger partial charge >= 0.3 is 11.9 Å². The summed E-state index contributed by atoms with van der Waals surface area (Å²) in [7, 11) is 1.33. The molecule has 0 bridgehead atoms. The van der Waals surface area contributed by atoms with Gasteiger partial charge in [-0.05, 0) is 12.1 Å².